The Morgan fingerprint density at radius 3 is 2.42 bits per heavy atom. The zero-order valence-corrected chi connectivity index (χ0v) is 14.6. The average molecular weight is 354 g/mol. The number of anilines is 2. The summed E-state index contributed by atoms with van der Waals surface area (Å²) >= 11 is 0. The summed E-state index contributed by atoms with van der Waals surface area (Å²) in [5.74, 6) is -1.45. The zero-order valence-electron chi connectivity index (χ0n) is 14.6. The summed E-state index contributed by atoms with van der Waals surface area (Å²) in [4.78, 5) is 29.4. The van der Waals surface area contributed by atoms with Gasteiger partial charge in [-0.3, -0.25) is 4.79 Å². The Morgan fingerprint density at radius 2 is 1.81 bits per heavy atom. The minimum atomic E-state index is -1.12. The lowest BCUT2D eigenvalue weighted by molar-refractivity contribution is 0.0690. The second-order valence-corrected chi connectivity index (χ2v) is 6.46. The molecule has 1 aliphatic heterocycles. The maximum atomic E-state index is 12.4. The van der Waals surface area contributed by atoms with Crippen LogP contribution >= 0.6 is 0 Å². The van der Waals surface area contributed by atoms with Crippen LogP contribution in [0.1, 0.15) is 33.7 Å². The van der Waals surface area contributed by atoms with Crippen molar-refractivity contribution < 1.29 is 14.7 Å². The van der Waals surface area contributed by atoms with Gasteiger partial charge in [-0.2, -0.15) is 0 Å². The molecule has 7 nitrogen and oxygen atoms in total. The number of nitrogens with zero attached hydrogens (tertiary/aromatic N) is 2. The van der Waals surface area contributed by atoms with E-state index in [-0.39, 0.29) is 11.6 Å². The van der Waals surface area contributed by atoms with Crippen molar-refractivity contribution in [2.24, 2.45) is 0 Å². The van der Waals surface area contributed by atoms with Gasteiger partial charge in [0.15, 0.2) is 0 Å². The van der Waals surface area contributed by atoms with Crippen LogP contribution in [0.5, 0.6) is 0 Å². The predicted molar refractivity (Wildman–Crippen MR) is 99.7 cm³/mol. The summed E-state index contributed by atoms with van der Waals surface area (Å²) in [7, 11) is 2.12. The number of carboxylic acid groups (broad SMARTS) is 1. The fourth-order valence-electron chi connectivity index (χ4n) is 2.94. The second-order valence-electron chi connectivity index (χ2n) is 6.46. The van der Waals surface area contributed by atoms with E-state index >= 15 is 0 Å². The van der Waals surface area contributed by atoms with Crippen LogP contribution in [-0.2, 0) is 0 Å². The van der Waals surface area contributed by atoms with Crippen LogP contribution in [-0.4, -0.2) is 53.0 Å². The molecule has 0 bridgehead atoms. The normalized spacial score (nSPS) is 15.4. The van der Waals surface area contributed by atoms with Crippen molar-refractivity contribution in [1.82, 2.24) is 9.88 Å². The van der Waals surface area contributed by atoms with E-state index in [1.807, 2.05) is 24.3 Å². The molecule has 7 heteroatoms. The third-order valence-electron chi connectivity index (χ3n) is 4.50. The van der Waals surface area contributed by atoms with Crippen molar-refractivity contribution in [3.63, 3.8) is 0 Å². The molecule has 2 heterocycles. The molecule has 0 aliphatic carbocycles. The van der Waals surface area contributed by atoms with Gasteiger partial charge < -0.3 is 20.6 Å². The van der Waals surface area contributed by atoms with E-state index in [4.69, 9.17) is 5.11 Å². The molecule has 26 heavy (non-hydrogen) atoms. The van der Waals surface area contributed by atoms with Crippen molar-refractivity contribution in [2.75, 3.05) is 30.8 Å². The largest absolute Gasteiger partial charge is 0.477 e. The Labute approximate surface area is 152 Å². The number of carbonyl (C=O) groups is 2. The van der Waals surface area contributed by atoms with Crippen LogP contribution in [0.15, 0.2) is 42.6 Å². The number of likely N-dealkylation sites (tertiary alicyclic amines) is 1. The van der Waals surface area contributed by atoms with E-state index in [0.717, 1.165) is 31.6 Å². The van der Waals surface area contributed by atoms with Gasteiger partial charge in [-0.1, -0.05) is 12.1 Å². The molecule has 0 unspecified atom stereocenters. The molecular weight excluding hydrogens is 332 g/mol. The highest BCUT2D eigenvalue weighted by Gasteiger charge is 2.18. The quantitative estimate of drug-likeness (QED) is 0.764. The third-order valence-corrected chi connectivity index (χ3v) is 4.50. The number of nitrogens with one attached hydrogen (secondary N) is 2. The SMILES string of the molecule is CN1CCC(Nc2ccccc2NC(=O)c2ccc(C(=O)O)nc2)CC1. The Kier molecular flexibility index (Phi) is 5.48. The maximum Gasteiger partial charge on any atom is 0.354 e. The standard InChI is InChI=1S/C19H22N4O3/c1-23-10-8-14(9-11-23)21-15-4-2-3-5-16(15)22-18(24)13-6-7-17(19(25)26)20-12-13/h2-7,12,14,21H,8-11H2,1H3,(H,22,24)(H,25,26). The van der Waals surface area contributed by atoms with Crippen LogP contribution in [0.2, 0.25) is 0 Å². The van der Waals surface area contributed by atoms with Gasteiger partial charge in [0.25, 0.3) is 5.91 Å². The molecule has 0 saturated carbocycles. The molecule has 136 valence electrons. The summed E-state index contributed by atoms with van der Waals surface area (Å²) in [6, 6.07) is 10.7. The van der Waals surface area contributed by atoms with Gasteiger partial charge in [-0.25, -0.2) is 9.78 Å². The van der Waals surface area contributed by atoms with Crippen LogP contribution < -0.4 is 10.6 Å². The molecule has 0 radical (unpaired) electrons. The number of rotatable bonds is 5. The number of pyridine rings is 1. The molecular formula is C19H22N4O3. The first-order valence-electron chi connectivity index (χ1n) is 8.58. The van der Waals surface area contributed by atoms with E-state index < -0.39 is 5.97 Å². The average Bonchev–Trinajstić information content (AvgIpc) is 2.65. The van der Waals surface area contributed by atoms with Crippen molar-refractivity contribution >= 4 is 23.3 Å². The molecule has 1 aromatic carbocycles. The van der Waals surface area contributed by atoms with Crippen LogP contribution in [0.25, 0.3) is 0 Å². The highest BCUT2D eigenvalue weighted by Crippen LogP contribution is 2.24. The molecule has 1 fully saturated rings. The number of amides is 1. The summed E-state index contributed by atoms with van der Waals surface area (Å²) in [6.07, 6.45) is 3.38. The Hall–Kier alpha value is -2.93. The first-order valence-corrected chi connectivity index (χ1v) is 8.58. The van der Waals surface area contributed by atoms with E-state index in [1.165, 1.54) is 18.3 Å². The second kappa shape index (κ2) is 7.97. The van der Waals surface area contributed by atoms with Gasteiger partial charge in [0.05, 0.1) is 16.9 Å². The lowest BCUT2D eigenvalue weighted by Gasteiger charge is -2.30. The topological polar surface area (TPSA) is 94.6 Å². The lowest BCUT2D eigenvalue weighted by atomic mass is 10.0. The van der Waals surface area contributed by atoms with Gasteiger partial charge in [0.1, 0.15) is 5.69 Å². The predicted octanol–water partition coefficient (Wildman–Crippen LogP) is 2.54. The molecule has 3 rings (SSSR count). The van der Waals surface area contributed by atoms with Gasteiger partial charge in [-0.15, -0.1) is 0 Å². The van der Waals surface area contributed by atoms with Gasteiger partial charge in [-0.05, 0) is 57.2 Å². The molecule has 3 N–H and O–H groups in total. The molecule has 0 atom stereocenters. The number of carbonyl (C=O) groups excluding carboxylic acids is 1. The summed E-state index contributed by atoms with van der Waals surface area (Å²) < 4.78 is 0. The van der Waals surface area contributed by atoms with E-state index in [0.29, 0.717) is 17.3 Å². The number of para-hydroxylation sites is 2. The number of hydrogen-bond acceptors (Lipinski definition) is 5. The monoisotopic (exact) mass is 354 g/mol. The smallest absolute Gasteiger partial charge is 0.354 e. The number of piperidine rings is 1. The van der Waals surface area contributed by atoms with Crippen LogP contribution in [0.4, 0.5) is 11.4 Å². The minimum Gasteiger partial charge on any atom is -0.477 e. The molecule has 1 aromatic heterocycles. The molecule has 1 saturated heterocycles. The summed E-state index contributed by atoms with van der Waals surface area (Å²) in [5, 5.41) is 15.3. The number of benzene rings is 1. The molecule has 1 amide bonds. The molecule has 2 aromatic rings. The number of aromatic nitrogens is 1. The fourth-order valence-corrected chi connectivity index (χ4v) is 2.94. The molecule has 0 spiro atoms. The van der Waals surface area contributed by atoms with Crippen molar-refractivity contribution in [3.8, 4) is 0 Å². The highest BCUT2D eigenvalue weighted by molar-refractivity contribution is 6.06. The number of carboxylic acids is 1. The summed E-state index contributed by atoms with van der Waals surface area (Å²) in [5.41, 5.74) is 1.79. The van der Waals surface area contributed by atoms with E-state index in [2.05, 4.69) is 27.6 Å². The fraction of sp³-hybridized carbons (Fsp3) is 0.316. The third kappa shape index (κ3) is 4.37. The van der Waals surface area contributed by atoms with E-state index in [1.54, 1.807) is 0 Å². The van der Waals surface area contributed by atoms with E-state index in [9.17, 15) is 9.59 Å². The van der Waals surface area contributed by atoms with Gasteiger partial charge in [0.2, 0.25) is 0 Å². The maximum absolute atomic E-state index is 12.4. The first kappa shape index (κ1) is 17.9. The van der Waals surface area contributed by atoms with Crippen molar-refractivity contribution in [1.29, 1.82) is 0 Å². The van der Waals surface area contributed by atoms with Crippen molar-refractivity contribution in [3.05, 3.63) is 53.9 Å². The van der Waals surface area contributed by atoms with Gasteiger partial charge in [0, 0.05) is 12.2 Å². The highest BCUT2D eigenvalue weighted by atomic mass is 16.4. The summed E-state index contributed by atoms with van der Waals surface area (Å²) in [6.45, 7) is 2.10. The van der Waals surface area contributed by atoms with Crippen LogP contribution in [0, 0.1) is 0 Å². The Bertz CT molecular complexity index is 784. The molecule has 1 aliphatic rings. The Balaban J connectivity index is 1.69. The number of aromatic carboxylic acids is 1. The van der Waals surface area contributed by atoms with Gasteiger partial charge >= 0.3 is 5.97 Å². The van der Waals surface area contributed by atoms with Crippen LogP contribution in [0.3, 0.4) is 0 Å². The zero-order chi connectivity index (χ0) is 18.5. The van der Waals surface area contributed by atoms with Crippen molar-refractivity contribution in [2.45, 2.75) is 18.9 Å². The first-order chi connectivity index (χ1) is 12.5. The number of hydrogen-bond donors (Lipinski definition) is 3. The Morgan fingerprint density at radius 1 is 1.12 bits per heavy atom. The lowest BCUT2D eigenvalue weighted by Crippen LogP contribution is -2.36. The minimum absolute atomic E-state index is 0.0918.